The maximum atomic E-state index is 13.2. The molecule has 31 heavy (non-hydrogen) atoms. The van der Waals surface area contributed by atoms with Crippen molar-refractivity contribution in [3.8, 4) is 11.1 Å². The number of pyridine rings is 1. The SMILES string of the molecule is CN(C)c1ccc(NC(=O)c2cc(-c3c[nH]c4cnc(N)cc34)cc3cn[nH]c23)cc1. The zero-order valence-corrected chi connectivity index (χ0v) is 17.1. The first-order chi connectivity index (χ1) is 15.0. The Morgan fingerprint density at radius 2 is 1.90 bits per heavy atom. The number of fused-ring (bicyclic) bond motifs is 2. The van der Waals surface area contributed by atoms with E-state index in [1.54, 1.807) is 12.4 Å². The lowest BCUT2D eigenvalue weighted by molar-refractivity contribution is 0.102. The number of nitrogen functional groups attached to an aromatic ring is 1. The van der Waals surface area contributed by atoms with Crippen molar-refractivity contribution < 1.29 is 4.79 Å². The van der Waals surface area contributed by atoms with Crippen molar-refractivity contribution in [2.75, 3.05) is 30.0 Å². The van der Waals surface area contributed by atoms with Crippen LogP contribution in [-0.2, 0) is 0 Å². The molecule has 0 aliphatic carbocycles. The zero-order valence-electron chi connectivity index (χ0n) is 17.1. The number of benzene rings is 2. The van der Waals surface area contributed by atoms with Crippen LogP contribution in [0.4, 0.5) is 17.2 Å². The van der Waals surface area contributed by atoms with E-state index in [9.17, 15) is 4.79 Å². The Bertz CT molecular complexity index is 1410. The van der Waals surface area contributed by atoms with E-state index in [1.165, 1.54) is 0 Å². The minimum absolute atomic E-state index is 0.213. The highest BCUT2D eigenvalue weighted by Crippen LogP contribution is 2.33. The van der Waals surface area contributed by atoms with Crippen LogP contribution in [0.15, 0.2) is 61.1 Å². The van der Waals surface area contributed by atoms with E-state index < -0.39 is 0 Å². The van der Waals surface area contributed by atoms with Crippen LogP contribution in [-0.4, -0.2) is 40.2 Å². The van der Waals surface area contributed by atoms with Gasteiger partial charge in [0.2, 0.25) is 0 Å². The highest BCUT2D eigenvalue weighted by Gasteiger charge is 2.16. The maximum Gasteiger partial charge on any atom is 0.257 e. The molecule has 0 bridgehead atoms. The summed E-state index contributed by atoms with van der Waals surface area (Å²) in [6.45, 7) is 0. The summed E-state index contributed by atoms with van der Waals surface area (Å²) in [4.78, 5) is 22.5. The Morgan fingerprint density at radius 3 is 2.68 bits per heavy atom. The third-order valence-electron chi connectivity index (χ3n) is 5.33. The van der Waals surface area contributed by atoms with E-state index in [1.807, 2.05) is 67.7 Å². The van der Waals surface area contributed by atoms with Crippen molar-refractivity contribution in [3.05, 3.63) is 66.6 Å². The molecule has 0 aliphatic heterocycles. The fourth-order valence-electron chi connectivity index (χ4n) is 3.71. The molecule has 0 saturated heterocycles. The van der Waals surface area contributed by atoms with Crippen LogP contribution in [0, 0.1) is 0 Å². The fraction of sp³-hybridized carbons (Fsp3) is 0.0870. The number of rotatable bonds is 4. The number of aromatic nitrogens is 4. The first kappa shape index (κ1) is 18.7. The van der Waals surface area contributed by atoms with Crippen LogP contribution >= 0.6 is 0 Å². The van der Waals surface area contributed by atoms with Crippen molar-refractivity contribution >= 4 is 44.9 Å². The van der Waals surface area contributed by atoms with Gasteiger partial charge in [-0.3, -0.25) is 9.89 Å². The molecular formula is C23H21N7O. The van der Waals surface area contributed by atoms with Gasteiger partial charge in [0.05, 0.1) is 29.0 Å². The number of nitrogens with one attached hydrogen (secondary N) is 3. The van der Waals surface area contributed by atoms with Gasteiger partial charge < -0.3 is 20.9 Å². The van der Waals surface area contributed by atoms with Crippen LogP contribution in [0.2, 0.25) is 0 Å². The molecule has 0 radical (unpaired) electrons. The van der Waals surface area contributed by atoms with Crippen LogP contribution in [0.25, 0.3) is 32.9 Å². The van der Waals surface area contributed by atoms with Crippen LogP contribution in [0.1, 0.15) is 10.4 Å². The Labute approximate surface area is 178 Å². The predicted molar refractivity (Wildman–Crippen MR) is 124 cm³/mol. The average Bonchev–Trinajstić information content (AvgIpc) is 3.39. The standard InChI is InChI=1S/C23H21N7O/c1-30(2)16-5-3-15(4-6-16)28-23(31)18-8-13(7-14-10-27-29-22(14)18)19-11-25-20-12-26-21(24)9-17(19)20/h3-12,25H,1-2H3,(H2,24,26)(H,27,29)(H,28,31). The molecular weight excluding hydrogens is 390 g/mol. The molecule has 8 nitrogen and oxygen atoms in total. The number of hydrogen-bond acceptors (Lipinski definition) is 5. The van der Waals surface area contributed by atoms with Gasteiger partial charge in [-0.25, -0.2) is 4.98 Å². The summed E-state index contributed by atoms with van der Waals surface area (Å²) in [6.07, 6.45) is 5.32. The molecule has 154 valence electrons. The number of aromatic amines is 2. The van der Waals surface area contributed by atoms with E-state index in [4.69, 9.17) is 5.73 Å². The second-order valence-corrected chi connectivity index (χ2v) is 7.61. The number of H-pyrrole nitrogens is 2. The zero-order chi connectivity index (χ0) is 21.5. The third-order valence-corrected chi connectivity index (χ3v) is 5.33. The van der Waals surface area contributed by atoms with Gasteiger partial charge in [0.15, 0.2) is 0 Å². The molecule has 0 spiro atoms. The lowest BCUT2D eigenvalue weighted by Gasteiger charge is -2.13. The third kappa shape index (κ3) is 3.33. The number of hydrogen-bond donors (Lipinski definition) is 4. The van der Waals surface area contributed by atoms with E-state index in [0.717, 1.165) is 38.8 Å². The Balaban J connectivity index is 1.56. The van der Waals surface area contributed by atoms with Crippen LogP contribution in [0.5, 0.6) is 0 Å². The monoisotopic (exact) mass is 411 g/mol. The molecule has 3 heterocycles. The number of carbonyl (C=O) groups is 1. The van der Waals surface area contributed by atoms with Gasteiger partial charge >= 0.3 is 0 Å². The van der Waals surface area contributed by atoms with Gasteiger partial charge in [0, 0.05) is 48.0 Å². The second-order valence-electron chi connectivity index (χ2n) is 7.61. The van der Waals surface area contributed by atoms with Crippen LogP contribution < -0.4 is 16.0 Å². The molecule has 0 saturated carbocycles. The maximum absolute atomic E-state index is 13.2. The summed E-state index contributed by atoms with van der Waals surface area (Å²) < 4.78 is 0. The van der Waals surface area contributed by atoms with Crippen molar-refractivity contribution in [2.45, 2.75) is 0 Å². The number of amides is 1. The lowest BCUT2D eigenvalue weighted by Crippen LogP contribution is -2.13. The highest BCUT2D eigenvalue weighted by molar-refractivity contribution is 6.13. The minimum Gasteiger partial charge on any atom is -0.384 e. The van der Waals surface area contributed by atoms with E-state index in [2.05, 4.69) is 25.5 Å². The van der Waals surface area contributed by atoms with Gasteiger partial charge in [-0.15, -0.1) is 0 Å². The molecule has 8 heteroatoms. The molecule has 0 aliphatic rings. The van der Waals surface area contributed by atoms with E-state index >= 15 is 0 Å². The topological polar surface area (TPSA) is 116 Å². The van der Waals surface area contributed by atoms with Gasteiger partial charge in [-0.2, -0.15) is 5.10 Å². The Kier molecular flexibility index (Phi) is 4.32. The second kappa shape index (κ2) is 7.17. The number of nitrogens with zero attached hydrogens (tertiary/aromatic N) is 3. The molecule has 0 unspecified atom stereocenters. The van der Waals surface area contributed by atoms with Crippen molar-refractivity contribution in [1.29, 1.82) is 0 Å². The summed E-state index contributed by atoms with van der Waals surface area (Å²) >= 11 is 0. The van der Waals surface area contributed by atoms with Gasteiger partial charge in [-0.1, -0.05) is 0 Å². The smallest absolute Gasteiger partial charge is 0.257 e. The first-order valence-corrected chi connectivity index (χ1v) is 9.78. The summed E-state index contributed by atoms with van der Waals surface area (Å²) in [6, 6.07) is 13.4. The number of nitrogens with two attached hydrogens (primary N) is 1. The van der Waals surface area contributed by atoms with Crippen molar-refractivity contribution in [3.63, 3.8) is 0 Å². The first-order valence-electron chi connectivity index (χ1n) is 9.78. The van der Waals surface area contributed by atoms with E-state index in [-0.39, 0.29) is 5.91 Å². The van der Waals surface area contributed by atoms with Crippen molar-refractivity contribution in [1.82, 2.24) is 20.2 Å². The quantitative estimate of drug-likeness (QED) is 0.357. The molecule has 2 aromatic carbocycles. The molecule has 0 atom stereocenters. The van der Waals surface area contributed by atoms with Crippen molar-refractivity contribution in [2.24, 2.45) is 0 Å². The molecule has 1 amide bonds. The molecule has 5 N–H and O–H groups in total. The molecule has 5 aromatic rings. The predicted octanol–water partition coefficient (Wildman–Crippen LogP) is 4.01. The summed E-state index contributed by atoms with van der Waals surface area (Å²) in [5.74, 6) is 0.228. The van der Waals surface area contributed by atoms with E-state index in [0.29, 0.717) is 16.9 Å². The molecule has 3 aromatic heterocycles. The van der Waals surface area contributed by atoms with Gasteiger partial charge in [0.1, 0.15) is 5.82 Å². The fourth-order valence-corrected chi connectivity index (χ4v) is 3.71. The van der Waals surface area contributed by atoms with Gasteiger partial charge in [-0.05, 0) is 48.0 Å². The van der Waals surface area contributed by atoms with Gasteiger partial charge in [0.25, 0.3) is 5.91 Å². The largest absolute Gasteiger partial charge is 0.384 e. The summed E-state index contributed by atoms with van der Waals surface area (Å²) in [7, 11) is 3.95. The summed E-state index contributed by atoms with van der Waals surface area (Å²) in [5, 5.41) is 11.9. The Hall–Kier alpha value is -4.33. The number of anilines is 3. The highest BCUT2D eigenvalue weighted by atomic mass is 16.1. The average molecular weight is 411 g/mol. The lowest BCUT2D eigenvalue weighted by atomic mass is 10.00. The summed E-state index contributed by atoms with van der Waals surface area (Å²) in [5.41, 5.74) is 11.6. The molecule has 0 fully saturated rings. The van der Waals surface area contributed by atoms with Crippen LogP contribution in [0.3, 0.4) is 0 Å². The Morgan fingerprint density at radius 1 is 1.10 bits per heavy atom. The normalized spacial score (nSPS) is 11.2. The number of carbonyl (C=O) groups excluding carboxylic acids is 1. The minimum atomic E-state index is -0.213. The molecule has 5 rings (SSSR count).